The van der Waals surface area contributed by atoms with Crippen molar-refractivity contribution in [3.63, 3.8) is 0 Å². The zero-order valence-corrected chi connectivity index (χ0v) is 7.40. The summed E-state index contributed by atoms with van der Waals surface area (Å²) in [5.74, 6) is 0. The molecule has 1 aromatic heterocycles. The highest BCUT2D eigenvalue weighted by atomic mass is 79.9. The number of rotatable bonds is 0. The molecule has 0 aliphatic heterocycles. The molecule has 1 aromatic rings. The predicted molar refractivity (Wildman–Crippen MR) is 44.2 cm³/mol. The van der Waals surface area contributed by atoms with Crippen molar-refractivity contribution in [2.24, 2.45) is 0 Å². The zero-order chi connectivity index (χ0) is 8.43. The molecular weight excluding hydrogens is 208 g/mol. The molecule has 0 saturated carbocycles. The number of aromatic amines is 1. The highest BCUT2D eigenvalue weighted by molar-refractivity contribution is 9.10. The van der Waals surface area contributed by atoms with Gasteiger partial charge in [0.2, 0.25) is 0 Å². The summed E-state index contributed by atoms with van der Waals surface area (Å²) < 4.78 is 0.389. The van der Waals surface area contributed by atoms with Gasteiger partial charge in [0, 0.05) is 5.69 Å². The molecule has 0 saturated heterocycles. The minimum Gasteiger partial charge on any atom is -0.324 e. The number of nitriles is 1. The zero-order valence-electron chi connectivity index (χ0n) is 5.81. The van der Waals surface area contributed by atoms with Crippen LogP contribution < -0.4 is 5.56 Å². The van der Waals surface area contributed by atoms with Gasteiger partial charge in [0.1, 0.15) is 6.07 Å². The lowest BCUT2D eigenvalue weighted by atomic mass is 10.2. The van der Waals surface area contributed by atoms with Crippen LogP contribution in [-0.4, -0.2) is 4.98 Å². The van der Waals surface area contributed by atoms with Crippen LogP contribution in [-0.2, 0) is 0 Å². The molecule has 0 amide bonds. The Labute approximate surface area is 71.8 Å². The summed E-state index contributed by atoms with van der Waals surface area (Å²) >= 11 is 3.03. The number of hydrogen-bond donors (Lipinski definition) is 1. The van der Waals surface area contributed by atoms with Crippen LogP contribution in [0.25, 0.3) is 0 Å². The third-order valence-corrected chi connectivity index (χ3v) is 1.90. The van der Waals surface area contributed by atoms with E-state index in [1.165, 1.54) is 6.07 Å². The van der Waals surface area contributed by atoms with E-state index in [1.54, 1.807) is 6.92 Å². The van der Waals surface area contributed by atoms with Gasteiger partial charge in [-0.15, -0.1) is 0 Å². The van der Waals surface area contributed by atoms with E-state index >= 15 is 0 Å². The van der Waals surface area contributed by atoms with E-state index in [9.17, 15) is 4.79 Å². The molecule has 0 fully saturated rings. The number of aryl methyl sites for hydroxylation is 1. The molecule has 0 unspecified atom stereocenters. The van der Waals surface area contributed by atoms with E-state index < -0.39 is 0 Å². The van der Waals surface area contributed by atoms with Crippen LogP contribution in [0.1, 0.15) is 11.3 Å². The molecule has 4 heteroatoms. The van der Waals surface area contributed by atoms with E-state index in [-0.39, 0.29) is 5.56 Å². The Bertz CT molecular complexity index is 375. The van der Waals surface area contributed by atoms with Gasteiger partial charge in [-0.05, 0) is 28.9 Å². The highest BCUT2D eigenvalue weighted by Crippen LogP contribution is 2.07. The molecule has 0 bridgehead atoms. The van der Waals surface area contributed by atoms with E-state index in [0.717, 1.165) is 0 Å². The molecule has 3 nitrogen and oxygen atoms in total. The minimum absolute atomic E-state index is 0.207. The van der Waals surface area contributed by atoms with Crippen molar-refractivity contribution in [1.29, 1.82) is 5.26 Å². The van der Waals surface area contributed by atoms with Gasteiger partial charge in [-0.1, -0.05) is 0 Å². The summed E-state index contributed by atoms with van der Waals surface area (Å²) in [6, 6.07) is 3.47. The Hall–Kier alpha value is -1.08. The van der Waals surface area contributed by atoms with Crippen LogP contribution >= 0.6 is 15.9 Å². The number of pyridine rings is 1. The number of hydrogen-bond acceptors (Lipinski definition) is 2. The smallest absolute Gasteiger partial charge is 0.262 e. The molecular formula is C7H5BrN2O. The minimum atomic E-state index is -0.207. The number of nitrogens with one attached hydrogen (secondary N) is 1. The highest BCUT2D eigenvalue weighted by Gasteiger charge is 2.00. The average molecular weight is 213 g/mol. The second kappa shape index (κ2) is 2.89. The summed E-state index contributed by atoms with van der Waals surface area (Å²) in [6.45, 7) is 1.69. The Morgan fingerprint density at radius 2 is 2.36 bits per heavy atom. The molecule has 0 atom stereocenters. The fourth-order valence-electron chi connectivity index (χ4n) is 0.714. The van der Waals surface area contributed by atoms with Gasteiger partial charge < -0.3 is 4.98 Å². The van der Waals surface area contributed by atoms with Gasteiger partial charge in [0.05, 0.1) is 10.0 Å². The molecule has 56 valence electrons. The fourth-order valence-corrected chi connectivity index (χ4v) is 1.04. The van der Waals surface area contributed by atoms with Gasteiger partial charge >= 0.3 is 0 Å². The molecule has 1 heterocycles. The lowest BCUT2D eigenvalue weighted by Gasteiger charge is -1.95. The number of aromatic nitrogens is 1. The lowest BCUT2D eigenvalue weighted by molar-refractivity contribution is 1.11. The molecule has 1 rings (SSSR count). The monoisotopic (exact) mass is 212 g/mol. The van der Waals surface area contributed by atoms with Gasteiger partial charge in [-0.2, -0.15) is 5.26 Å². The summed E-state index contributed by atoms with van der Waals surface area (Å²) in [6.07, 6.45) is 0. The van der Waals surface area contributed by atoms with Crippen LogP contribution in [0, 0.1) is 18.3 Å². The first-order valence-electron chi connectivity index (χ1n) is 2.94. The van der Waals surface area contributed by atoms with Crippen LogP contribution in [0.5, 0.6) is 0 Å². The number of H-pyrrole nitrogens is 1. The normalized spacial score (nSPS) is 9.18. The molecule has 0 aromatic carbocycles. The molecule has 0 aliphatic rings. The van der Waals surface area contributed by atoms with Crippen LogP contribution in [0.4, 0.5) is 0 Å². The summed E-state index contributed by atoms with van der Waals surface area (Å²) in [7, 11) is 0. The third kappa shape index (κ3) is 1.49. The van der Waals surface area contributed by atoms with Gasteiger partial charge in [0.25, 0.3) is 5.56 Å². The Balaban J connectivity index is 3.47. The molecule has 0 spiro atoms. The Kier molecular flexibility index (Phi) is 2.11. The van der Waals surface area contributed by atoms with Gasteiger partial charge in [0.15, 0.2) is 0 Å². The van der Waals surface area contributed by atoms with Crippen LogP contribution in [0.3, 0.4) is 0 Å². The molecule has 1 N–H and O–H groups in total. The van der Waals surface area contributed by atoms with Crippen molar-refractivity contribution in [1.82, 2.24) is 4.98 Å². The predicted octanol–water partition coefficient (Wildman–Crippen LogP) is 1.32. The van der Waals surface area contributed by atoms with Crippen LogP contribution in [0.2, 0.25) is 0 Å². The summed E-state index contributed by atoms with van der Waals surface area (Å²) in [4.78, 5) is 13.4. The first-order valence-corrected chi connectivity index (χ1v) is 3.74. The second-order valence-corrected chi connectivity index (χ2v) is 2.95. The standard InChI is InChI=1S/C7H5BrN2O/c1-4-5(3-9)2-6(8)7(11)10-4/h2H,1H3,(H,10,11). The Morgan fingerprint density at radius 1 is 1.73 bits per heavy atom. The maximum absolute atomic E-state index is 10.9. The van der Waals surface area contributed by atoms with Crippen molar-refractivity contribution in [2.75, 3.05) is 0 Å². The van der Waals surface area contributed by atoms with Crippen molar-refractivity contribution >= 4 is 15.9 Å². The van der Waals surface area contributed by atoms with E-state index in [2.05, 4.69) is 20.9 Å². The SMILES string of the molecule is Cc1[nH]c(=O)c(Br)cc1C#N. The van der Waals surface area contributed by atoms with Gasteiger partial charge in [-0.25, -0.2) is 0 Å². The topological polar surface area (TPSA) is 56.6 Å². The van der Waals surface area contributed by atoms with Crippen molar-refractivity contribution in [3.8, 4) is 6.07 Å². The Morgan fingerprint density at radius 3 is 2.91 bits per heavy atom. The van der Waals surface area contributed by atoms with E-state index in [4.69, 9.17) is 5.26 Å². The van der Waals surface area contributed by atoms with Crippen molar-refractivity contribution in [3.05, 3.63) is 32.2 Å². The van der Waals surface area contributed by atoms with E-state index in [0.29, 0.717) is 15.7 Å². The van der Waals surface area contributed by atoms with E-state index in [1.807, 2.05) is 6.07 Å². The quantitative estimate of drug-likeness (QED) is 0.706. The summed E-state index contributed by atoms with van der Waals surface area (Å²) in [5, 5.41) is 8.54. The van der Waals surface area contributed by atoms with Crippen LogP contribution in [0.15, 0.2) is 15.3 Å². The molecule has 0 aliphatic carbocycles. The third-order valence-electron chi connectivity index (χ3n) is 1.31. The fraction of sp³-hybridized carbons (Fsp3) is 0.143. The number of halogens is 1. The van der Waals surface area contributed by atoms with Crippen molar-refractivity contribution in [2.45, 2.75) is 6.92 Å². The van der Waals surface area contributed by atoms with Crippen molar-refractivity contribution < 1.29 is 0 Å². The molecule has 11 heavy (non-hydrogen) atoms. The summed E-state index contributed by atoms with van der Waals surface area (Å²) in [5.41, 5.74) is 0.874. The lowest BCUT2D eigenvalue weighted by Crippen LogP contribution is -2.08. The first-order chi connectivity index (χ1) is 5.15. The molecule has 0 radical (unpaired) electrons. The maximum atomic E-state index is 10.9. The average Bonchev–Trinajstić information content (AvgIpc) is 1.97. The first kappa shape index (κ1) is 8.02. The largest absolute Gasteiger partial charge is 0.324 e. The second-order valence-electron chi connectivity index (χ2n) is 2.10. The number of nitrogens with zero attached hydrogens (tertiary/aromatic N) is 1. The van der Waals surface area contributed by atoms with Gasteiger partial charge in [-0.3, -0.25) is 4.79 Å². The maximum Gasteiger partial charge on any atom is 0.262 e.